The SMILES string of the molecule is Cc1c(NC[C@H]2CCC[C@H](c3ccccc3)C2)ncnc1C(=O)N1CCC(N2CCC(N(C)S(C)(=O)=O)CC2)CC1. The van der Waals surface area contributed by atoms with Crippen molar-refractivity contribution in [2.45, 2.75) is 76.3 Å². The lowest BCUT2D eigenvalue weighted by molar-refractivity contribution is 0.0542. The number of carbonyl (C=O) groups excluding carboxylic acids is 1. The average Bonchev–Trinajstić information content (AvgIpc) is 3.00. The monoisotopic (exact) mass is 582 g/mol. The largest absolute Gasteiger partial charge is 0.369 e. The van der Waals surface area contributed by atoms with Crippen LogP contribution in [0.3, 0.4) is 0 Å². The molecular formula is C31H46N6O3S. The lowest BCUT2D eigenvalue weighted by Crippen LogP contribution is -2.52. The molecule has 1 saturated carbocycles. The number of aromatic nitrogens is 2. The van der Waals surface area contributed by atoms with Gasteiger partial charge in [0.25, 0.3) is 5.91 Å². The Morgan fingerprint density at radius 1 is 1.00 bits per heavy atom. The van der Waals surface area contributed by atoms with Gasteiger partial charge >= 0.3 is 0 Å². The lowest BCUT2D eigenvalue weighted by Gasteiger charge is -2.43. The predicted molar refractivity (Wildman–Crippen MR) is 163 cm³/mol. The summed E-state index contributed by atoms with van der Waals surface area (Å²) in [5, 5.41) is 3.55. The Bertz CT molecular complexity index is 1270. The van der Waals surface area contributed by atoms with Gasteiger partial charge in [0, 0.05) is 44.3 Å². The Hall–Kier alpha value is -2.56. The van der Waals surface area contributed by atoms with E-state index in [9.17, 15) is 13.2 Å². The molecule has 3 heterocycles. The van der Waals surface area contributed by atoms with Gasteiger partial charge in [-0.15, -0.1) is 0 Å². The summed E-state index contributed by atoms with van der Waals surface area (Å²) in [5.74, 6) is 1.95. The van der Waals surface area contributed by atoms with Crippen molar-refractivity contribution >= 4 is 21.7 Å². The maximum atomic E-state index is 13.5. The number of amides is 1. The van der Waals surface area contributed by atoms with Crippen LogP contribution < -0.4 is 5.32 Å². The molecule has 3 aliphatic rings. The average molecular weight is 583 g/mol. The molecule has 5 rings (SSSR count). The minimum Gasteiger partial charge on any atom is -0.369 e. The van der Waals surface area contributed by atoms with Gasteiger partial charge in [-0.05, 0) is 82.4 Å². The maximum Gasteiger partial charge on any atom is 0.272 e. The van der Waals surface area contributed by atoms with E-state index in [1.807, 2.05) is 11.8 Å². The number of anilines is 1. The number of benzene rings is 1. The van der Waals surface area contributed by atoms with Crippen LogP contribution in [0.25, 0.3) is 0 Å². The number of rotatable bonds is 8. The molecule has 1 aromatic carbocycles. The molecule has 0 spiro atoms. The highest BCUT2D eigenvalue weighted by molar-refractivity contribution is 7.88. The molecule has 2 saturated heterocycles. The van der Waals surface area contributed by atoms with Crippen LogP contribution in [0, 0.1) is 12.8 Å². The highest BCUT2D eigenvalue weighted by Gasteiger charge is 2.33. The van der Waals surface area contributed by atoms with Crippen LogP contribution in [0.5, 0.6) is 0 Å². The molecular weight excluding hydrogens is 536 g/mol. The second kappa shape index (κ2) is 13.2. The fourth-order valence-corrected chi connectivity index (χ4v) is 7.81. The number of carbonyl (C=O) groups is 1. The van der Waals surface area contributed by atoms with E-state index in [2.05, 4.69) is 50.5 Å². The molecule has 10 heteroatoms. The van der Waals surface area contributed by atoms with Crippen molar-refractivity contribution in [3.63, 3.8) is 0 Å². The molecule has 0 bridgehead atoms. The zero-order valence-electron chi connectivity index (χ0n) is 24.8. The zero-order chi connectivity index (χ0) is 29.0. The van der Waals surface area contributed by atoms with Crippen molar-refractivity contribution in [2.24, 2.45) is 5.92 Å². The second-order valence-electron chi connectivity index (χ2n) is 12.3. The molecule has 2 atom stereocenters. The molecule has 1 N–H and O–H groups in total. The van der Waals surface area contributed by atoms with Crippen LogP contribution in [0.15, 0.2) is 36.7 Å². The fraction of sp³-hybridized carbons (Fsp3) is 0.645. The van der Waals surface area contributed by atoms with Crippen LogP contribution in [0.2, 0.25) is 0 Å². The third kappa shape index (κ3) is 7.27. The summed E-state index contributed by atoms with van der Waals surface area (Å²) >= 11 is 0. The summed E-state index contributed by atoms with van der Waals surface area (Å²) in [6.45, 7) is 6.03. The molecule has 2 aromatic rings. The first-order valence-corrected chi connectivity index (χ1v) is 17.1. The molecule has 0 radical (unpaired) electrons. The molecule has 1 amide bonds. The molecule has 224 valence electrons. The smallest absolute Gasteiger partial charge is 0.272 e. The van der Waals surface area contributed by atoms with Gasteiger partial charge in [0.15, 0.2) is 0 Å². The highest BCUT2D eigenvalue weighted by atomic mass is 32.2. The first-order valence-electron chi connectivity index (χ1n) is 15.3. The van der Waals surface area contributed by atoms with Crippen LogP contribution in [0.4, 0.5) is 5.82 Å². The summed E-state index contributed by atoms with van der Waals surface area (Å²) in [6.07, 6.45) is 11.2. The number of likely N-dealkylation sites (tertiary alicyclic amines) is 2. The fourth-order valence-electron chi connectivity index (χ4n) is 7.06. The van der Waals surface area contributed by atoms with Gasteiger partial charge in [-0.1, -0.05) is 36.8 Å². The topological polar surface area (TPSA) is 98.7 Å². The lowest BCUT2D eigenvalue weighted by atomic mass is 9.78. The Labute approximate surface area is 245 Å². The van der Waals surface area contributed by atoms with E-state index in [1.165, 1.54) is 48.1 Å². The minimum atomic E-state index is -3.16. The van der Waals surface area contributed by atoms with E-state index >= 15 is 0 Å². The highest BCUT2D eigenvalue weighted by Crippen LogP contribution is 2.36. The first kappa shape index (κ1) is 29.9. The summed E-state index contributed by atoms with van der Waals surface area (Å²) in [7, 11) is -1.47. The van der Waals surface area contributed by atoms with Crippen LogP contribution in [-0.4, -0.2) is 96.5 Å². The maximum absolute atomic E-state index is 13.5. The van der Waals surface area contributed by atoms with E-state index in [0.29, 0.717) is 36.7 Å². The van der Waals surface area contributed by atoms with E-state index in [4.69, 9.17) is 0 Å². The Morgan fingerprint density at radius 3 is 2.39 bits per heavy atom. The summed E-state index contributed by atoms with van der Waals surface area (Å²) in [6, 6.07) is 11.4. The van der Waals surface area contributed by atoms with Crippen LogP contribution in [-0.2, 0) is 10.0 Å². The van der Waals surface area contributed by atoms with E-state index in [-0.39, 0.29) is 11.9 Å². The van der Waals surface area contributed by atoms with E-state index in [0.717, 1.165) is 56.7 Å². The third-order valence-electron chi connectivity index (χ3n) is 9.70. The van der Waals surface area contributed by atoms with Crippen LogP contribution >= 0.6 is 0 Å². The first-order chi connectivity index (χ1) is 19.7. The quantitative estimate of drug-likeness (QED) is 0.500. The van der Waals surface area contributed by atoms with Crippen molar-refractivity contribution in [3.05, 3.63) is 53.5 Å². The van der Waals surface area contributed by atoms with Gasteiger partial charge in [-0.2, -0.15) is 0 Å². The third-order valence-corrected chi connectivity index (χ3v) is 11.0. The number of piperidine rings is 2. The number of sulfonamides is 1. The Kier molecular flexibility index (Phi) is 9.61. The van der Waals surface area contributed by atoms with Gasteiger partial charge in [0.05, 0.1) is 6.26 Å². The number of hydrogen-bond acceptors (Lipinski definition) is 7. The number of nitrogens with one attached hydrogen (secondary N) is 1. The minimum absolute atomic E-state index is 0.0123. The normalized spacial score (nSPS) is 23.6. The van der Waals surface area contributed by atoms with Crippen molar-refractivity contribution in [2.75, 3.05) is 51.3 Å². The molecule has 1 aliphatic carbocycles. The molecule has 41 heavy (non-hydrogen) atoms. The second-order valence-corrected chi connectivity index (χ2v) is 14.3. The summed E-state index contributed by atoms with van der Waals surface area (Å²) in [4.78, 5) is 26.8. The van der Waals surface area contributed by atoms with Gasteiger partial charge in [0.1, 0.15) is 17.8 Å². The molecule has 0 unspecified atom stereocenters. The van der Waals surface area contributed by atoms with Crippen molar-refractivity contribution < 1.29 is 13.2 Å². The molecule has 1 aromatic heterocycles. The number of hydrogen-bond donors (Lipinski definition) is 1. The van der Waals surface area contributed by atoms with Gasteiger partial charge in [0.2, 0.25) is 10.0 Å². The van der Waals surface area contributed by atoms with Gasteiger partial charge < -0.3 is 15.1 Å². The van der Waals surface area contributed by atoms with Gasteiger partial charge in [-0.25, -0.2) is 22.7 Å². The van der Waals surface area contributed by atoms with Crippen molar-refractivity contribution in [3.8, 4) is 0 Å². The Balaban J connectivity index is 1.11. The predicted octanol–water partition coefficient (Wildman–Crippen LogP) is 4.13. The van der Waals surface area contributed by atoms with Gasteiger partial charge in [-0.3, -0.25) is 4.79 Å². The Morgan fingerprint density at radius 2 is 1.71 bits per heavy atom. The summed E-state index contributed by atoms with van der Waals surface area (Å²) in [5.41, 5.74) is 2.76. The van der Waals surface area contributed by atoms with Crippen molar-refractivity contribution in [1.29, 1.82) is 0 Å². The molecule has 9 nitrogen and oxygen atoms in total. The van der Waals surface area contributed by atoms with E-state index in [1.54, 1.807) is 7.05 Å². The number of nitrogens with zero attached hydrogens (tertiary/aromatic N) is 5. The molecule has 3 fully saturated rings. The van der Waals surface area contributed by atoms with Crippen LogP contribution in [0.1, 0.15) is 78.9 Å². The standard InChI is InChI=1S/C31H46N6O3S/c1-23-29(33-22-34-30(23)32-21-24-8-7-11-26(20-24)25-9-5-4-6-10-25)31(38)37-18-14-28(15-19-37)36-16-12-27(13-17-36)35(2)41(3,39)40/h4-6,9-10,22,24,26-28H,7-8,11-21H2,1-3H3,(H,32,33,34)/t24-,26-/m0/s1. The molecule has 2 aliphatic heterocycles. The zero-order valence-corrected chi connectivity index (χ0v) is 25.7. The van der Waals surface area contributed by atoms with E-state index < -0.39 is 10.0 Å². The van der Waals surface area contributed by atoms with Crippen molar-refractivity contribution in [1.82, 2.24) is 24.1 Å². The summed E-state index contributed by atoms with van der Waals surface area (Å²) < 4.78 is 25.3.